The third-order valence-corrected chi connectivity index (χ3v) is 5.82. The van der Waals surface area contributed by atoms with Gasteiger partial charge in [0.15, 0.2) is 0 Å². The second kappa shape index (κ2) is 9.00. The highest BCUT2D eigenvalue weighted by Gasteiger charge is 2.27. The van der Waals surface area contributed by atoms with Crippen LogP contribution in [0.5, 0.6) is 5.75 Å². The molecule has 33 heavy (non-hydrogen) atoms. The van der Waals surface area contributed by atoms with E-state index in [1.165, 1.54) is 5.56 Å². The topological polar surface area (TPSA) is 57.5 Å². The number of fused-ring (bicyclic) bond motifs is 5. The number of nitrogens with zero attached hydrogens (tertiary/aromatic N) is 3. The van der Waals surface area contributed by atoms with Crippen LogP contribution in [0.4, 0.5) is 4.79 Å². The fourth-order valence-corrected chi connectivity index (χ4v) is 4.24. The SMILES string of the molecule is CCCCOc1ccc2c3cc[n+]4nc(CC)c(CC)cc4c3n(C(=O)OC(C)(C)C)c2c1. The summed E-state index contributed by atoms with van der Waals surface area (Å²) in [5.41, 5.74) is 4.11. The summed E-state index contributed by atoms with van der Waals surface area (Å²) in [6, 6.07) is 10.1. The minimum Gasteiger partial charge on any atom is -0.494 e. The molecule has 0 spiro atoms. The quantitative estimate of drug-likeness (QED) is 0.267. The van der Waals surface area contributed by atoms with E-state index in [-0.39, 0.29) is 0 Å². The van der Waals surface area contributed by atoms with Crippen molar-refractivity contribution in [1.82, 2.24) is 9.67 Å². The van der Waals surface area contributed by atoms with Crippen LogP contribution in [0.3, 0.4) is 0 Å². The van der Waals surface area contributed by atoms with Crippen molar-refractivity contribution < 1.29 is 18.8 Å². The Hall–Kier alpha value is -3.15. The highest BCUT2D eigenvalue weighted by atomic mass is 16.6. The van der Waals surface area contributed by atoms with Gasteiger partial charge in [-0.05, 0) is 57.7 Å². The molecule has 0 aliphatic rings. The molecule has 6 heteroatoms. The van der Waals surface area contributed by atoms with Crippen LogP contribution in [-0.4, -0.2) is 28.0 Å². The van der Waals surface area contributed by atoms with E-state index in [2.05, 4.69) is 26.8 Å². The van der Waals surface area contributed by atoms with Crippen LogP contribution in [-0.2, 0) is 17.6 Å². The molecule has 0 aliphatic heterocycles. The first-order valence-corrected chi connectivity index (χ1v) is 11.9. The molecule has 0 N–H and O–H groups in total. The zero-order chi connectivity index (χ0) is 23.8. The zero-order valence-corrected chi connectivity index (χ0v) is 20.6. The van der Waals surface area contributed by atoms with Crippen LogP contribution in [0.25, 0.3) is 27.3 Å². The lowest BCUT2D eigenvalue weighted by Crippen LogP contribution is -2.31. The number of aryl methyl sites for hydroxylation is 2. The molecule has 0 amide bonds. The van der Waals surface area contributed by atoms with Gasteiger partial charge in [0.2, 0.25) is 6.20 Å². The molecule has 0 saturated heterocycles. The predicted octanol–water partition coefficient (Wildman–Crippen LogP) is 6.02. The summed E-state index contributed by atoms with van der Waals surface area (Å²) in [5.74, 6) is 0.751. The van der Waals surface area contributed by atoms with Gasteiger partial charge in [0, 0.05) is 34.1 Å². The molecule has 0 fully saturated rings. The minimum absolute atomic E-state index is 0.404. The number of carbonyl (C=O) groups excluding carboxylic acids is 1. The number of rotatable bonds is 6. The van der Waals surface area contributed by atoms with E-state index in [1.54, 1.807) is 4.57 Å². The first-order chi connectivity index (χ1) is 15.8. The molecule has 0 saturated carbocycles. The first kappa shape index (κ1) is 23.0. The van der Waals surface area contributed by atoms with Crippen molar-refractivity contribution in [2.75, 3.05) is 6.61 Å². The van der Waals surface area contributed by atoms with E-state index in [1.807, 2.05) is 55.7 Å². The largest absolute Gasteiger partial charge is 0.494 e. The summed E-state index contributed by atoms with van der Waals surface area (Å²) in [4.78, 5) is 13.5. The van der Waals surface area contributed by atoms with Gasteiger partial charge < -0.3 is 9.47 Å². The van der Waals surface area contributed by atoms with Crippen molar-refractivity contribution in [2.45, 2.75) is 72.8 Å². The summed E-state index contributed by atoms with van der Waals surface area (Å²) in [6.45, 7) is 12.7. The van der Waals surface area contributed by atoms with E-state index in [0.717, 1.165) is 64.4 Å². The van der Waals surface area contributed by atoms with Gasteiger partial charge in [0.1, 0.15) is 22.6 Å². The average molecular weight is 449 g/mol. The smallest absolute Gasteiger partial charge is 0.419 e. The van der Waals surface area contributed by atoms with Gasteiger partial charge in [0.25, 0.3) is 5.52 Å². The second-order valence-electron chi connectivity index (χ2n) is 9.43. The third kappa shape index (κ3) is 4.39. The molecule has 0 unspecified atom stereocenters. The van der Waals surface area contributed by atoms with Gasteiger partial charge >= 0.3 is 6.09 Å². The number of carbonyl (C=O) groups is 1. The number of ether oxygens (including phenoxy) is 2. The number of benzene rings is 1. The first-order valence-electron chi connectivity index (χ1n) is 11.9. The Kier molecular flexibility index (Phi) is 6.28. The Balaban J connectivity index is 2.04. The lowest BCUT2D eigenvalue weighted by molar-refractivity contribution is -0.580. The van der Waals surface area contributed by atoms with E-state index >= 15 is 0 Å². The van der Waals surface area contributed by atoms with Crippen molar-refractivity contribution in [3.63, 3.8) is 0 Å². The molecule has 3 aromatic heterocycles. The average Bonchev–Trinajstić information content (AvgIpc) is 3.11. The summed E-state index contributed by atoms with van der Waals surface area (Å²) < 4.78 is 15.4. The Morgan fingerprint density at radius 3 is 2.52 bits per heavy atom. The fraction of sp³-hybridized carbons (Fsp3) is 0.444. The molecule has 0 bridgehead atoms. The Morgan fingerprint density at radius 2 is 1.85 bits per heavy atom. The van der Waals surface area contributed by atoms with E-state index in [4.69, 9.17) is 14.6 Å². The lowest BCUT2D eigenvalue weighted by atomic mass is 10.1. The molecular formula is C27H34N3O3+. The van der Waals surface area contributed by atoms with Gasteiger partial charge in [-0.3, -0.25) is 0 Å². The maximum Gasteiger partial charge on any atom is 0.419 e. The zero-order valence-electron chi connectivity index (χ0n) is 20.6. The molecule has 4 aromatic rings. The Morgan fingerprint density at radius 1 is 1.06 bits per heavy atom. The number of unbranched alkanes of at least 4 members (excludes halogenated alkanes) is 1. The lowest BCUT2D eigenvalue weighted by Gasteiger charge is -2.20. The normalized spacial score (nSPS) is 12.1. The highest BCUT2D eigenvalue weighted by molar-refractivity contribution is 6.16. The molecular weight excluding hydrogens is 414 g/mol. The van der Waals surface area contributed by atoms with Crippen molar-refractivity contribution >= 4 is 33.4 Å². The Bertz CT molecular complexity index is 1330. The third-order valence-electron chi connectivity index (χ3n) is 5.82. The Labute approximate surface area is 195 Å². The number of hydrogen-bond donors (Lipinski definition) is 0. The van der Waals surface area contributed by atoms with Gasteiger partial charge in [-0.2, -0.15) is 0 Å². The van der Waals surface area contributed by atoms with Crippen molar-refractivity contribution in [2.24, 2.45) is 0 Å². The number of pyridine rings is 1. The predicted molar refractivity (Wildman–Crippen MR) is 131 cm³/mol. The molecule has 3 heterocycles. The minimum atomic E-state index is -0.616. The van der Waals surface area contributed by atoms with Gasteiger partial charge in [-0.15, -0.1) is 0 Å². The van der Waals surface area contributed by atoms with Crippen LogP contribution in [0.2, 0.25) is 0 Å². The summed E-state index contributed by atoms with van der Waals surface area (Å²) in [7, 11) is 0. The van der Waals surface area contributed by atoms with E-state index in [0.29, 0.717) is 6.61 Å². The second-order valence-corrected chi connectivity index (χ2v) is 9.43. The summed E-state index contributed by atoms with van der Waals surface area (Å²) in [6.07, 6.45) is 5.36. The van der Waals surface area contributed by atoms with Crippen LogP contribution in [0.1, 0.15) is 65.6 Å². The van der Waals surface area contributed by atoms with Gasteiger partial charge in [0.05, 0.1) is 12.1 Å². The summed E-state index contributed by atoms with van der Waals surface area (Å²) >= 11 is 0. The maximum absolute atomic E-state index is 13.5. The molecule has 0 radical (unpaired) electrons. The van der Waals surface area contributed by atoms with E-state index in [9.17, 15) is 4.79 Å². The van der Waals surface area contributed by atoms with Gasteiger partial charge in [-0.1, -0.05) is 31.7 Å². The molecule has 4 rings (SSSR count). The van der Waals surface area contributed by atoms with Crippen LogP contribution >= 0.6 is 0 Å². The monoisotopic (exact) mass is 448 g/mol. The van der Waals surface area contributed by atoms with Gasteiger partial charge in [-0.25, -0.2) is 9.36 Å². The molecule has 0 atom stereocenters. The van der Waals surface area contributed by atoms with Crippen LogP contribution in [0, 0.1) is 0 Å². The number of hydrogen-bond acceptors (Lipinski definition) is 4. The van der Waals surface area contributed by atoms with Crippen LogP contribution < -0.4 is 9.25 Å². The molecule has 174 valence electrons. The van der Waals surface area contributed by atoms with Crippen molar-refractivity contribution in [3.05, 3.63) is 47.8 Å². The van der Waals surface area contributed by atoms with Crippen molar-refractivity contribution in [1.29, 1.82) is 0 Å². The van der Waals surface area contributed by atoms with Crippen LogP contribution in [0.15, 0.2) is 36.5 Å². The highest BCUT2D eigenvalue weighted by Crippen LogP contribution is 2.34. The standard InChI is InChI=1S/C27H34N3O3/c1-7-10-15-32-19-11-12-20-21-13-14-29-24(16-18(8-2)22(9-3)28-29)25(21)30(23(20)17-19)26(31)33-27(4,5)6/h11-14,16-17H,7-10,15H2,1-6H3/q+1. The molecule has 1 aromatic carbocycles. The van der Waals surface area contributed by atoms with Crippen molar-refractivity contribution in [3.8, 4) is 5.75 Å². The summed E-state index contributed by atoms with van der Waals surface area (Å²) in [5, 5.41) is 6.83. The van der Waals surface area contributed by atoms with E-state index < -0.39 is 11.7 Å². The molecule has 0 aliphatic carbocycles. The maximum atomic E-state index is 13.5. The fourth-order valence-electron chi connectivity index (χ4n) is 4.24. The molecule has 6 nitrogen and oxygen atoms in total. The number of aromatic nitrogens is 3.